The van der Waals surface area contributed by atoms with E-state index in [9.17, 15) is 9.90 Å². The second kappa shape index (κ2) is 6.59. The SMILES string of the molecule is Cc1cc(C)c(O)c(C(=O)Nc2ccc(-c3ccccc3)cc2)c1. The second-order valence-corrected chi connectivity index (χ2v) is 5.88. The maximum Gasteiger partial charge on any atom is 0.259 e. The molecule has 0 aliphatic carbocycles. The predicted octanol–water partition coefficient (Wildman–Crippen LogP) is 4.93. The van der Waals surface area contributed by atoms with Gasteiger partial charge >= 0.3 is 0 Å². The number of carbonyl (C=O) groups is 1. The Balaban J connectivity index is 1.81. The third-order valence-electron chi connectivity index (χ3n) is 3.94. The molecular weight excluding hydrogens is 298 g/mol. The number of anilines is 1. The Kier molecular flexibility index (Phi) is 4.34. The van der Waals surface area contributed by atoms with Gasteiger partial charge in [-0.25, -0.2) is 0 Å². The Morgan fingerprint density at radius 2 is 1.50 bits per heavy atom. The molecule has 2 N–H and O–H groups in total. The normalized spacial score (nSPS) is 10.4. The van der Waals surface area contributed by atoms with Gasteiger partial charge in [-0.1, -0.05) is 48.5 Å². The van der Waals surface area contributed by atoms with E-state index in [0.29, 0.717) is 16.8 Å². The lowest BCUT2D eigenvalue weighted by Crippen LogP contribution is -2.12. The molecule has 0 heterocycles. The van der Waals surface area contributed by atoms with Crippen LogP contribution in [-0.2, 0) is 0 Å². The van der Waals surface area contributed by atoms with Crippen molar-refractivity contribution in [2.24, 2.45) is 0 Å². The highest BCUT2D eigenvalue weighted by Gasteiger charge is 2.14. The average molecular weight is 317 g/mol. The average Bonchev–Trinajstić information content (AvgIpc) is 2.59. The van der Waals surface area contributed by atoms with Crippen molar-refractivity contribution in [2.75, 3.05) is 5.32 Å². The van der Waals surface area contributed by atoms with Gasteiger partial charge in [-0.2, -0.15) is 0 Å². The van der Waals surface area contributed by atoms with Crippen molar-refractivity contribution < 1.29 is 9.90 Å². The number of amides is 1. The number of phenols is 1. The Morgan fingerprint density at radius 1 is 0.875 bits per heavy atom. The molecule has 0 saturated heterocycles. The minimum Gasteiger partial charge on any atom is -0.507 e. The molecule has 1 amide bonds. The molecule has 0 saturated carbocycles. The molecular formula is C21H19NO2. The largest absolute Gasteiger partial charge is 0.507 e. The molecule has 3 heteroatoms. The highest BCUT2D eigenvalue weighted by atomic mass is 16.3. The van der Waals surface area contributed by atoms with Crippen molar-refractivity contribution in [3.8, 4) is 16.9 Å². The number of aromatic hydroxyl groups is 1. The Bertz CT molecular complexity index is 868. The van der Waals surface area contributed by atoms with Crippen LogP contribution in [0.25, 0.3) is 11.1 Å². The summed E-state index contributed by atoms with van der Waals surface area (Å²) in [6.45, 7) is 3.69. The minimum absolute atomic E-state index is 0.0269. The van der Waals surface area contributed by atoms with Gasteiger partial charge in [-0.05, 0) is 54.3 Å². The van der Waals surface area contributed by atoms with E-state index < -0.39 is 0 Å². The zero-order chi connectivity index (χ0) is 17.1. The molecule has 0 radical (unpaired) electrons. The first-order valence-electron chi connectivity index (χ1n) is 7.81. The van der Waals surface area contributed by atoms with Crippen LogP contribution in [0, 0.1) is 13.8 Å². The van der Waals surface area contributed by atoms with Gasteiger partial charge in [0.1, 0.15) is 5.75 Å². The third-order valence-corrected chi connectivity index (χ3v) is 3.94. The van der Waals surface area contributed by atoms with E-state index in [4.69, 9.17) is 0 Å². The zero-order valence-electron chi connectivity index (χ0n) is 13.7. The molecule has 0 bridgehead atoms. The van der Waals surface area contributed by atoms with Crippen LogP contribution in [0.4, 0.5) is 5.69 Å². The molecule has 0 aliphatic heterocycles. The maximum absolute atomic E-state index is 12.4. The molecule has 0 aliphatic rings. The lowest BCUT2D eigenvalue weighted by molar-refractivity contribution is 0.102. The van der Waals surface area contributed by atoms with Gasteiger partial charge in [-0.3, -0.25) is 4.79 Å². The van der Waals surface area contributed by atoms with Crippen molar-refractivity contribution in [1.82, 2.24) is 0 Å². The Morgan fingerprint density at radius 3 is 2.17 bits per heavy atom. The van der Waals surface area contributed by atoms with E-state index in [2.05, 4.69) is 5.32 Å². The standard InChI is InChI=1S/C21H19NO2/c1-14-12-15(2)20(23)19(13-14)21(24)22-18-10-8-17(9-11-18)16-6-4-3-5-7-16/h3-13,23H,1-2H3,(H,22,24). The number of benzene rings is 3. The minimum atomic E-state index is -0.313. The van der Waals surface area contributed by atoms with Crippen LogP contribution in [0.1, 0.15) is 21.5 Å². The highest BCUT2D eigenvalue weighted by molar-refractivity contribution is 6.06. The number of hydrogen-bond acceptors (Lipinski definition) is 2. The van der Waals surface area contributed by atoms with E-state index >= 15 is 0 Å². The number of rotatable bonds is 3. The first-order valence-corrected chi connectivity index (χ1v) is 7.81. The predicted molar refractivity (Wildman–Crippen MR) is 97.4 cm³/mol. The number of hydrogen-bond donors (Lipinski definition) is 2. The van der Waals surface area contributed by atoms with Gasteiger partial charge in [0.05, 0.1) is 5.56 Å². The molecule has 120 valence electrons. The van der Waals surface area contributed by atoms with Crippen molar-refractivity contribution in [2.45, 2.75) is 13.8 Å². The Hall–Kier alpha value is -3.07. The molecule has 3 aromatic rings. The van der Waals surface area contributed by atoms with Crippen LogP contribution in [0.5, 0.6) is 5.75 Å². The second-order valence-electron chi connectivity index (χ2n) is 5.88. The number of nitrogens with one attached hydrogen (secondary N) is 1. The van der Waals surface area contributed by atoms with Crippen molar-refractivity contribution in [1.29, 1.82) is 0 Å². The molecule has 3 nitrogen and oxygen atoms in total. The van der Waals surface area contributed by atoms with Crippen molar-refractivity contribution in [3.63, 3.8) is 0 Å². The fraction of sp³-hybridized carbons (Fsp3) is 0.0952. The number of phenolic OH excluding ortho intramolecular Hbond substituents is 1. The zero-order valence-corrected chi connectivity index (χ0v) is 13.7. The van der Waals surface area contributed by atoms with Gasteiger partial charge in [0.25, 0.3) is 5.91 Å². The van der Waals surface area contributed by atoms with Crippen molar-refractivity contribution in [3.05, 3.63) is 83.4 Å². The number of carbonyl (C=O) groups excluding carboxylic acids is 1. The fourth-order valence-corrected chi connectivity index (χ4v) is 2.71. The van der Waals surface area contributed by atoms with Crippen LogP contribution in [0.2, 0.25) is 0 Å². The molecule has 0 unspecified atom stereocenters. The first-order chi connectivity index (χ1) is 11.5. The molecule has 0 aromatic heterocycles. The molecule has 3 rings (SSSR count). The summed E-state index contributed by atoms with van der Waals surface area (Å²) in [5.41, 5.74) is 4.83. The van der Waals surface area contributed by atoms with Gasteiger partial charge in [0.15, 0.2) is 0 Å². The van der Waals surface area contributed by atoms with Crippen LogP contribution in [-0.4, -0.2) is 11.0 Å². The molecule has 0 atom stereocenters. The van der Waals surface area contributed by atoms with Gasteiger partial charge in [0.2, 0.25) is 0 Å². The summed E-state index contributed by atoms with van der Waals surface area (Å²) in [4.78, 5) is 12.4. The topological polar surface area (TPSA) is 49.3 Å². The van der Waals surface area contributed by atoms with Gasteiger partial charge in [0, 0.05) is 5.69 Å². The monoisotopic (exact) mass is 317 g/mol. The summed E-state index contributed by atoms with van der Waals surface area (Å²) in [6.07, 6.45) is 0. The molecule has 24 heavy (non-hydrogen) atoms. The lowest BCUT2D eigenvalue weighted by Gasteiger charge is -2.10. The van der Waals surface area contributed by atoms with Gasteiger partial charge in [-0.15, -0.1) is 0 Å². The molecule has 0 spiro atoms. The maximum atomic E-state index is 12.4. The quantitative estimate of drug-likeness (QED) is 0.719. The lowest BCUT2D eigenvalue weighted by atomic mass is 10.0. The fourth-order valence-electron chi connectivity index (χ4n) is 2.71. The summed E-state index contributed by atoms with van der Waals surface area (Å²) in [5.74, 6) is -0.286. The van der Waals surface area contributed by atoms with E-state index in [0.717, 1.165) is 16.7 Å². The summed E-state index contributed by atoms with van der Waals surface area (Å²) in [6, 6.07) is 21.2. The van der Waals surface area contributed by atoms with Crippen molar-refractivity contribution >= 4 is 11.6 Å². The summed E-state index contributed by atoms with van der Waals surface area (Å²) in [5, 5.41) is 12.9. The molecule has 0 fully saturated rings. The van der Waals surface area contributed by atoms with Crippen LogP contribution in [0.15, 0.2) is 66.7 Å². The van der Waals surface area contributed by atoms with E-state index in [1.165, 1.54) is 0 Å². The van der Waals surface area contributed by atoms with Crippen LogP contribution >= 0.6 is 0 Å². The van der Waals surface area contributed by atoms with E-state index in [-0.39, 0.29) is 11.7 Å². The van der Waals surface area contributed by atoms with E-state index in [1.807, 2.05) is 67.6 Å². The highest BCUT2D eigenvalue weighted by Crippen LogP contribution is 2.25. The smallest absolute Gasteiger partial charge is 0.259 e. The molecule has 3 aromatic carbocycles. The summed E-state index contributed by atoms with van der Waals surface area (Å²) < 4.78 is 0. The van der Waals surface area contributed by atoms with Crippen LogP contribution in [0.3, 0.4) is 0 Å². The van der Waals surface area contributed by atoms with Gasteiger partial charge < -0.3 is 10.4 Å². The van der Waals surface area contributed by atoms with E-state index in [1.54, 1.807) is 13.0 Å². The Labute approximate surface area is 141 Å². The summed E-state index contributed by atoms with van der Waals surface area (Å²) >= 11 is 0. The van der Waals surface area contributed by atoms with Crippen LogP contribution < -0.4 is 5.32 Å². The number of aryl methyl sites for hydroxylation is 2. The first kappa shape index (κ1) is 15.8. The summed E-state index contributed by atoms with van der Waals surface area (Å²) in [7, 11) is 0. The third kappa shape index (κ3) is 3.30.